The minimum atomic E-state index is -0.850. The molecule has 0 fully saturated rings. The first kappa shape index (κ1) is 117. The molecule has 0 radical (unpaired) electrons. The van der Waals surface area contributed by atoms with Crippen molar-refractivity contribution in [2.24, 2.45) is 0 Å². The summed E-state index contributed by atoms with van der Waals surface area (Å²) in [5.41, 5.74) is 1.27. The van der Waals surface area contributed by atoms with E-state index in [2.05, 4.69) is 80.5 Å². The highest BCUT2D eigenvalue weighted by Crippen LogP contribution is 2.49. The smallest absolute Gasteiger partial charge is 0.168 e. The van der Waals surface area contributed by atoms with Crippen molar-refractivity contribution in [2.75, 3.05) is 0 Å². The van der Waals surface area contributed by atoms with Crippen molar-refractivity contribution in [1.29, 1.82) is 0 Å². The molecule has 124 heavy (non-hydrogen) atoms. The average Bonchev–Trinajstić information content (AvgIpc) is 1.63. The van der Waals surface area contributed by atoms with E-state index in [1.807, 2.05) is 84.9 Å². The second-order valence-corrected chi connectivity index (χ2v) is 41.3. The van der Waals surface area contributed by atoms with Gasteiger partial charge in [0.15, 0.2) is 17.5 Å². The van der Waals surface area contributed by atoms with E-state index < -0.39 is 40.7 Å². The lowest BCUT2D eigenvalue weighted by Crippen LogP contribution is -1.84. The molecule has 0 saturated carbocycles. The van der Waals surface area contributed by atoms with Crippen LogP contribution in [0.3, 0.4) is 0 Å². The molecule has 0 saturated heterocycles. The Morgan fingerprint density at radius 3 is 0.992 bits per heavy atom. The number of hydrogen-bond acceptors (Lipinski definition) is 8. The molecule has 0 amide bonds. The van der Waals surface area contributed by atoms with Gasteiger partial charge in [-0.3, -0.25) is 0 Å². The van der Waals surface area contributed by atoms with Crippen LogP contribution >= 0.6 is 195 Å². The lowest BCUT2D eigenvalue weighted by atomic mass is 10.1. The van der Waals surface area contributed by atoms with Crippen molar-refractivity contribution >= 4 is 276 Å². The molecule has 0 bridgehead atoms. The second kappa shape index (κ2) is 50.7. The molecule has 680 valence electrons. The Labute approximate surface area is 805 Å². The van der Waals surface area contributed by atoms with Gasteiger partial charge < -0.3 is 0 Å². The number of hydrogen-bond donors (Lipinski definition) is 0. The monoisotopic (exact) mass is 2040 g/mol. The van der Waals surface area contributed by atoms with Gasteiger partial charge in [-0.2, -0.15) is 0 Å². The van der Waals surface area contributed by atoms with Crippen LogP contribution in [0.4, 0.5) is 43.9 Å². The van der Waals surface area contributed by atoms with Gasteiger partial charge in [-0.1, -0.05) is 305 Å². The van der Waals surface area contributed by atoms with Crippen molar-refractivity contribution in [3.8, 4) is 0 Å². The highest BCUT2D eigenvalue weighted by atomic mass is 35.5. The third kappa shape index (κ3) is 26.4. The van der Waals surface area contributed by atoms with Crippen molar-refractivity contribution in [3.63, 3.8) is 0 Å². The summed E-state index contributed by atoms with van der Waals surface area (Å²) < 4.78 is 140. The predicted octanol–water partition coefficient (Wildman–Crippen LogP) is 44.9. The van der Waals surface area contributed by atoms with E-state index >= 15 is 0 Å². The van der Waals surface area contributed by atoms with Crippen LogP contribution in [0.5, 0.6) is 0 Å². The molecule has 0 atom stereocenters. The molecule has 0 spiro atoms. The quantitative estimate of drug-likeness (QED) is 0.133. The summed E-state index contributed by atoms with van der Waals surface area (Å²) in [7, 11) is 0. The SMILES string of the molecule is C.C.C.C.C.C.C.C.CC(C)c1sc2c(F)cc(F)cc2c1Cl.CC(C)c1sc2c(F)ccc(F)c2c1Cl.CC(C)c1sc2c(F)cccc2c1Cl.CC(C)c1sc2ccc(Cl)c(F)c2c1Cl.CC(C)c1sc2ccc(F)c(F)c2c1Cl.CC(C)c1sc2ccc(F)cc2c1Cl.CC(C)c1sc2cccc(F)c2c1Cl.Cc1cccc2sc(C(C)C)c(Cl)c12. The Bertz CT molecular complexity index is 5980. The van der Waals surface area contributed by atoms with Gasteiger partial charge in [-0.15, -0.1) is 90.7 Å². The first-order chi connectivity index (χ1) is 54.5. The van der Waals surface area contributed by atoms with Crippen LogP contribution in [-0.4, -0.2) is 0 Å². The minimum absolute atomic E-state index is 0. The summed E-state index contributed by atoms with van der Waals surface area (Å²) in [6, 6.07) is 31.7. The van der Waals surface area contributed by atoms with Crippen LogP contribution in [0.1, 0.15) is 262 Å². The van der Waals surface area contributed by atoms with E-state index in [1.165, 1.54) is 108 Å². The fourth-order valence-electron chi connectivity index (χ4n) is 11.9. The Balaban J connectivity index is 0.000000702. The highest BCUT2D eigenvalue weighted by Gasteiger charge is 2.25. The molecular weight excluding hydrogens is 1930 g/mol. The molecule has 8 aromatic carbocycles. The van der Waals surface area contributed by atoms with Crippen LogP contribution in [0, 0.1) is 65.1 Å². The molecule has 0 unspecified atom stereocenters. The maximum Gasteiger partial charge on any atom is 0.168 e. The lowest BCUT2D eigenvalue weighted by molar-refractivity contribution is 0.517. The largest absolute Gasteiger partial charge is 0.207 e. The Morgan fingerprint density at radius 1 is 0.226 bits per heavy atom. The summed E-state index contributed by atoms with van der Waals surface area (Å²) in [4.78, 5) is 8.19. The maximum absolute atomic E-state index is 13.7. The first-order valence-corrected chi connectivity index (χ1v) is 46.4. The predicted molar refractivity (Wildman–Crippen MR) is 551 cm³/mol. The van der Waals surface area contributed by atoms with Gasteiger partial charge in [0.05, 0.1) is 70.1 Å². The summed E-state index contributed by atoms with van der Waals surface area (Å²) in [5.74, 6) is -2.23. The Hall–Kier alpha value is -4.65. The number of halogens is 19. The van der Waals surface area contributed by atoms with Crippen LogP contribution < -0.4 is 0 Å². The minimum Gasteiger partial charge on any atom is -0.207 e. The van der Waals surface area contributed by atoms with E-state index in [0.717, 1.165) is 88.3 Å². The summed E-state index contributed by atoms with van der Waals surface area (Å²) in [6.45, 7) is 34.8. The molecule has 16 rings (SSSR count). The van der Waals surface area contributed by atoms with Crippen LogP contribution in [0.2, 0.25) is 45.2 Å². The Morgan fingerprint density at radius 2 is 0.532 bits per heavy atom. The standard InChI is InChI=1S/C12H13ClS.C11H9Cl2FS.3C11H9ClF2S.3C11H10ClFS.8CH4/c1-7(2)12-11(13)10-8(3)5-4-6-9(10)14-12;1-5(2)11-9(13)8-7(15-11)4-3-6(12)10(8)14;1-5(2)10-9(12)7-3-6(13)4-8(14)11(7)15-10;1-5(2)11-9(12)8-7(15-11)4-3-6(13)10(8)14;1-5(2)10-9(12)8-6(13)3-4-7(14)11(8)15-10;1-6(2)11-10(12)8-5-7(13)3-4-9(8)14-11;1-6(2)10-9(12)7-4-3-5-8(13)11(7)14-10;1-6(2)11-10(12)9-7(13)4-3-5-8(9)14-11;;;;;;;;/h4-7H,1-3H3;4*3-5H,1-2H3;3*3-6H,1-2H3;8*1H4. The van der Waals surface area contributed by atoms with Gasteiger partial charge >= 0.3 is 0 Å². The van der Waals surface area contributed by atoms with Crippen molar-refractivity contribution in [2.45, 2.75) is 224 Å². The lowest BCUT2D eigenvalue weighted by Gasteiger charge is -2.00. The average molecular weight is 2040 g/mol. The molecule has 0 aliphatic heterocycles. The molecule has 8 heterocycles. The summed E-state index contributed by atoms with van der Waals surface area (Å²) >= 11 is 66.8. The molecule has 8 aromatic heterocycles. The zero-order chi connectivity index (χ0) is 85.8. The molecule has 27 heteroatoms. The van der Waals surface area contributed by atoms with Crippen LogP contribution in [0.25, 0.3) is 80.7 Å². The number of rotatable bonds is 8. The van der Waals surface area contributed by atoms with Gasteiger partial charge in [0, 0.05) is 101 Å². The van der Waals surface area contributed by atoms with E-state index in [-0.39, 0.29) is 110 Å². The number of thiophene rings is 8. The fraction of sp³-hybridized carbons (Fsp3) is 0.340. The highest BCUT2D eigenvalue weighted by molar-refractivity contribution is 7.22. The van der Waals surface area contributed by atoms with Crippen molar-refractivity contribution in [3.05, 3.63) is 269 Å². The molecule has 0 nitrogen and oxygen atoms in total. The van der Waals surface area contributed by atoms with E-state index in [1.54, 1.807) is 53.0 Å². The number of benzene rings is 8. The van der Waals surface area contributed by atoms with Gasteiger partial charge in [0.1, 0.15) is 40.7 Å². The molecule has 16 aromatic rings. The molecule has 0 N–H and O–H groups in total. The maximum atomic E-state index is 13.7. The van der Waals surface area contributed by atoms with Gasteiger partial charge in [-0.25, -0.2) is 43.9 Å². The zero-order valence-electron chi connectivity index (χ0n) is 65.6. The van der Waals surface area contributed by atoms with Crippen molar-refractivity contribution < 1.29 is 43.9 Å². The van der Waals surface area contributed by atoms with Crippen molar-refractivity contribution in [1.82, 2.24) is 0 Å². The molecular formula is C97H111Cl9F10S8. The molecule has 0 aliphatic carbocycles. The van der Waals surface area contributed by atoms with Gasteiger partial charge in [0.2, 0.25) is 0 Å². The summed E-state index contributed by atoms with van der Waals surface area (Å²) in [5, 5.41) is 9.59. The number of aryl methyl sites for hydroxylation is 1. The third-order valence-electron chi connectivity index (χ3n) is 17.8. The third-order valence-corrected chi connectivity index (χ3v) is 34.0. The summed E-state index contributed by atoms with van der Waals surface area (Å²) in [6.07, 6.45) is 0. The zero-order valence-corrected chi connectivity index (χ0v) is 78.9. The van der Waals surface area contributed by atoms with E-state index in [9.17, 15) is 43.9 Å². The topological polar surface area (TPSA) is 0 Å². The van der Waals surface area contributed by atoms with Gasteiger partial charge in [0.25, 0.3) is 0 Å². The normalized spacial score (nSPS) is 10.8. The number of fused-ring (bicyclic) bond motifs is 8. The van der Waals surface area contributed by atoms with Gasteiger partial charge in [-0.05, 0) is 145 Å². The van der Waals surface area contributed by atoms with Crippen LogP contribution in [-0.2, 0) is 0 Å². The first-order valence-electron chi connectivity index (χ1n) is 36.5. The van der Waals surface area contributed by atoms with E-state index in [4.69, 9.17) is 104 Å². The van der Waals surface area contributed by atoms with E-state index in [0.29, 0.717) is 99.7 Å². The fourth-order valence-corrected chi connectivity index (χ4v) is 25.5. The molecule has 0 aliphatic rings. The Kier molecular flexibility index (Phi) is 48.0. The van der Waals surface area contributed by atoms with Crippen LogP contribution in [0.15, 0.2) is 121 Å². The second-order valence-electron chi connectivity index (χ2n) is 29.3.